The zero-order valence-corrected chi connectivity index (χ0v) is 10.8. The number of esters is 1. The maximum absolute atomic E-state index is 12.0. The molecule has 0 saturated heterocycles. The third-order valence-corrected chi connectivity index (χ3v) is 2.86. The molecule has 102 valence electrons. The van der Waals surface area contributed by atoms with E-state index < -0.39 is 5.97 Å². The van der Waals surface area contributed by atoms with Crippen molar-refractivity contribution in [1.29, 1.82) is 0 Å². The molecule has 0 saturated carbocycles. The van der Waals surface area contributed by atoms with Gasteiger partial charge >= 0.3 is 5.97 Å². The molecule has 0 radical (unpaired) electrons. The van der Waals surface area contributed by atoms with Gasteiger partial charge in [0.25, 0.3) is 0 Å². The van der Waals surface area contributed by atoms with Crippen molar-refractivity contribution in [2.24, 2.45) is 0 Å². The van der Waals surface area contributed by atoms with Crippen LogP contribution in [0.3, 0.4) is 0 Å². The third kappa shape index (κ3) is 2.38. The van der Waals surface area contributed by atoms with Gasteiger partial charge in [-0.15, -0.1) is 0 Å². The maximum atomic E-state index is 12.0. The highest BCUT2D eigenvalue weighted by atomic mass is 16.7. The fourth-order valence-corrected chi connectivity index (χ4v) is 1.86. The van der Waals surface area contributed by atoms with E-state index in [9.17, 15) is 4.79 Å². The number of ether oxygens (including phenoxy) is 4. The van der Waals surface area contributed by atoms with Gasteiger partial charge in [-0.05, 0) is 30.3 Å². The first-order chi connectivity index (χ1) is 9.76. The van der Waals surface area contributed by atoms with Gasteiger partial charge in [0.1, 0.15) is 11.5 Å². The SMILES string of the molecule is COc1cccc(C(=O)Oc2ccc3c(c2)OCO3)c1. The highest BCUT2D eigenvalue weighted by Crippen LogP contribution is 2.35. The number of carbonyl (C=O) groups is 1. The van der Waals surface area contributed by atoms with E-state index in [2.05, 4.69) is 0 Å². The second kappa shape index (κ2) is 5.13. The van der Waals surface area contributed by atoms with E-state index in [1.165, 1.54) is 0 Å². The number of hydrogen-bond acceptors (Lipinski definition) is 5. The molecule has 5 nitrogen and oxygen atoms in total. The van der Waals surface area contributed by atoms with Gasteiger partial charge in [0.2, 0.25) is 6.79 Å². The van der Waals surface area contributed by atoms with E-state index in [1.54, 1.807) is 49.6 Å². The molecule has 2 aromatic rings. The van der Waals surface area contributed by atoms with Crippen LogP contribution in [0.25, 0.3) is 0 Å². The van der Waals surface area contributed by atoms with Crippen molar-refractivity contribution < 1.29 is 23.7 Å². The average Bonchev–Trinajstić information content (AvgIpc) is 2.95. The minimum absolute atomic E-state index is 0.183. The van der Waals surface area contributed by atoms with Crippen LogP contribution in [0.5, 0.6) is 23.0 Å². The fourth-order valence-electron chi connectivity index (χ4n) is 1.86. The lowest BCUT2D eigenvalue weighted by Crippen LogP contribution is -2.08. The fraction of sp³-hybridized carbons (Fsp3) is 0.133. The zero-order chi connectivity index (χ0) is 13.9. The summed E-state index contributed by atoms with van der Waals surface area (Å²) in [6, 6.07) is 11.8. The summed E-state index contributed by atoms with van der Waals surface area (Å²) in [5.74, 6) is 1.77. The normalized spacial score (nSPS) is 12.1. The molecule has 0 fully saturated rings. The second-order valence-electron chi connectivity index (χ2n) is 4.14. The van der Waals surface area contributed by atoms with Gasteiger partial charge in [0.15, 0.2) is 11.5 Å². The Kier molecular flexibility index (Phi) is 3.16. The Hall–Kier alpha value is -2.69. The predicted octanol–water partition coefficient (Wildman–Crippen LogP) is 2.64. The average molecular weight is 272 g/mol. The predicted molar refractivity (Wildman–Crippen MR) is 70.5 cm³/mol. The van der Waals surface area contributed by atoms with E-state index >= 15 is 0 Å². The summed E-state index contributed by atoms with van der Waals surface area (Å²) in [5.41, 5.74) is 0.419. The monoisotopic (exact) mass is 272 g/mol. The van der Waals surface area contributed by atoms with Gasteiger partial charge in [0, 0.05) is 6.07 Å². The molecule has 1 aliphatic heterocycles. The van der Waals surface area contributed by atoms with Gasteiger partial charge in [-0.2, -0.15) is 0 Å². The lowest BCUT2D eigenvalue weighted by Gasteiger charge is -2.06. The Labute approximate surface area is 115 Å². The highest BCUT2D eigenvalue weighted by Gasteiger charge is 2.16. The summed E-state index contributed by atoms with van der Waals surface area (Å²) >= 11 is 0. The molecule has 2 aromatic carbocycles. The van der Waals surface area contributed by atoms with Crippen molar-refractivity contribution in [3.63, 3.8) is 0 Å². The molecule has 1 heterocycles. The number of rotatable bonds is 3. The number of benzene rings is 2. The van der Waals surface area contributed by atoms with Crippen molar-refractivity contribution in [2.45, 2.75) is 0 Å². The molecule has 0 N–H and O–H groups in total. The van der Waals surface area contributed by atoms with E-state index in [-0.39, 0.29) is 6.79 Å². The summed E-state index contributed by atoms with van der Waals surface area (Å²) in [5, 5.41) is 0. The molecular weight excluding hydrogens is 260 g/mol. The van der Waals surface area contributed by atoms with Crippen molar-refractivity contribution in [1.82, 2.24) is 0 Å². The van der Waals surface area contributed by atoms with Crippen LogP contribution in [0.2, 0.25) is 0 Å². The smallest absolute Gasteiger partial charge is 0.343 e. The van der Waals surface area contributed by atoms with E-state index in [4.69, 9.17) is 18.9 Å². The molecule has 0 aromatic heterocycles. The first kappa shape index (κ1) is 12.3. The van der Waals surface area contributed by atoms with E-state index in [0.717, 1.165) is 0 Å². The Balaban J connectivity index is 1.78. The molecule has 20 heavy (non-hydrogen) atoms. The maximum Gasteiger partial charge on any atom is 0.343 e. The Morgan fingerprint density at radius 2 is 1.90 bits per heavy atom. The van der Waals surface area contributed by atoms with Crippen LogP contribution in [0.15, 0.2) is 42.5 Å². The molecule has 1 aliphatic rings. The quantitative estimate of drug-likeness (QED) is 0.635. The molecular formula is C15H12O5. The molecule has 0 aliphatic carbocycles. The minimum atomic E-state index is -0.456. The van der Waals surface area contributed by atoms with Crippen LogP contribution >= 0.6 is 0 Å². The van der Waals surface area contributed by atoms with Crippen LogP contribution in [-0.2, 0) is 0 Å². The molecule has 5 heteroatoms. The second-order valence-corrected chi connectivity index (χ2v) is 4.14. The summed E-state index contributed by atoms with van der Waals surface area (Å²) in [6.07, 6.45) is 0. The molecule has 0 bridgehead atoms. The number of hydrogen-bond donors (Lipinski definition) is 0. The minimum Gasteiger partial charge on any atom is -0.497 e. The molecule has 0 spiro atoms. The molecule has 3 rings (SSSR count). The lowest BCUT2D eigenvalue weighted by atomic mass is 10.2. The van der Waals surface area contributed by atoms with Crippen LogP contribution in [0, 0.1) is 0 Å². The summed E-state index contributed by atoms with van der Waals surface area (Å²) in [6.45, 7) is 0.183. The summed E-state index contributed by atoms with van der Waals surface area (Å²) in [4.78, 5) is 12.0. The Bertz CT molecular complexity index is 650. The standard InChI is InChI=1S/C15H12O5/c1-17-11-4-2-3-10(7-11)15(16)20-12-5-6-13-14(8-12)19-9-18-13/h2-8H,9H2,1H3. The van der Waals surface area contributed by atoms with Crippen LogP contribution < -0.4 is 18.9 Å². The Morgan fingerprint density at radius 1 is 1.05 bits per heavy atom. The lowest BCUT2D eigenvalue weighted by molar-refractivity contribution is 0.0734. The van der Waals surface area contributed by atoms with Crippen molar-refractivity contribution in [3.8, 4) is 23.0 Å². The number of fused-ring (bicyclic) bond motifs is 1. The highest BCUT2D eigenvalue weighted by molar-refractivity contribution is 5.91. The van der Waals surface area contributed by atoms with E-state index in [0.29, 0.717) is 28.6 Å². The number of carbonyl (C=O) groups excluding carboxylic acids is 1. The van der Waals surface area contributed by atoms with E-state index in [1.807, 2.05) is 0 Å². The van der Waals surface area contributed by atoms with Crippen LogP contribution in [-0.4, -0.2) is 19.9 Å². The van der Waals surface area contributed by atoms with Gasteiger partial charge in [-0.25, -0.2) is 4.79 Å². The number of methoxy groups -OCH3 is 1. The van der Waals surface area contributed by atoms with Crippen molar-refractivity contribution in [3.05, 3.63) is 48.0 Å². The summed E-state index contributed by atoms with van der Waals surface area (Å²) < 4.78 is 20.8. The topological polar surface area (TPSA) is 54.0 Å². The van der Waals surface area contributed by atoms with Gasteiger partial charge in [-0.3, -0.25) is 0 Å². The van der Waals surface area contributed by atoms with Gasteiger partial charge < -0.3 is 18.9 Å². The Morgan fingerprint density at radius 3 is 2.75 bits per heavy atom. The van der Waals surface area contributed by atoms with Crippen LogP contribution in [0.1, 0.15) is 10.4 Å². The molecule has 0 atom stereocenters. The van der Waals surface area contributed by atoms with Crippen LogP contribution in [0.4, 0.5) is 0 Å². The molecule has 0 unspecified atom stereocenters. The van der Waals surface area contributed by atoms with Gasteiger partial charge in [-0.1, -0.05) is 6.07 Å². The first-order valence-electron chi connectivity index (χ1n) is 6.02. The van der Waals surface area contributed by atoms with Crippen molar-refractivity contribution >= 4 is 5.97 Å². The first-order valence-corrected chi connectivity index (χ1v) is 6.02. The molecule has 0 amide bonds. The largest absolute Gasteiger partial charge is 0.497 e. The zero-order valence-electron chi connectivity index (χ0n) is 10.8. The third-order valence-electron chi connectivity index (χ3n) is 2.86. The van der Waals surface area contributed by atoms with Gasteiger partial charge in [0.05, 0.1) is 12.7 Å². The van der Waals surface area contributed by atoms with Crippen molar-refractivity contribution in [2.75, 3.05) is 13.9 Å². The summed E-state index contributed by atoms with van der Waals surface area (Å²) in [7, 11) is 1.54.